The van der Waals surface area contributed by atoms with Gasteiger partial charge in [0.05, 0.1) is 12.5 Å². The molecule has 1 aliphatic heterocycles. The molecule has 0 saturated carbocycles. The number of carbonyl (C=O) groups excluding carboxylic acids is 2. The molecule has 0 aromatic carbocycles. The molecule has 0 aliphatic carbocycles. The quantitative estimate of drug-likeness (QED) is 0.679. The molecule has 1 N–H and O–H groups in total. The van der Waals surface area contributed by atoms with Crippen LogP contribution in [0.5, 0.6) is 0 Å². The number of aliphatic carboxylic acids is 1. The zero-order valence-corrected chi connectivity index (χ0v) is 11.0. The molecule has 1 heterocycles. The number of likely N-dealkylation sites (tertiary alicyclic amines) is 1. The minimum absolute atomic E-state index is 0.149. The molecule has 0 radical (unpaired) electrons. The summed E-state index contributed by atoms with van der Waals surface area (Å²) in [5.41, 5.74) is 0. The van der Waals surface area contributed by atoms with E-state index in [4.69, 9.17) is 14.6 Å². The van der Waals surface area contributed by atoms with E-state index in [0.717, 1.165) is 0 Å². The van der Waals surface area contributed by atoms with Crippen LogP contribution in [0.3, 0.4) is 0 Å². The zero-order valence-electron chi connectivity index (χ0n) is 11.0. The van der Waals surface area contributed by atoms with Crippen LogP contribution in [0.2, 0.25) is 0 Å². The van der Waals surface area contributed by atoms with Crippen LogP contribution < -0.4 is 0 Å². The molecule has 1 aliphatic rings. The molecule has 1 saturated heterocycles. The first-order chi connectivity index (χ1) is 9.04. The molecule has 0 aromatic heterocycles. The Morgan fingerprint density at radius 3 is 2.37 bits per heavy atom. The first-order valence-electron chi connectivity index (χ1n) is 6.28. The van der Waals surface area contributed by atoms with E-state index < -0.39 is 12.6 Å². The summed E-state index contributed by atoms with van der Waals surface area (Å²) in [6.45, 7) is 2.34. The van der Waals surface area contributed by atoms with Gasteiger partial charge >= 0.3 is 11.9 Å². The number of hydrogen-bond donors (Lipinski definition) is 1. The van der Waals surface area contributed by atoms with Crippen LogP contribution in [0.4, 0.5) is 0 Å². The van der Waals surface area contributed by atoms with Gasteiger partial charge in [-0.05, 0) is 19.8 Å². The summed E-state index contributed by atoms with van der Waals surface area (Å²) in [5.74, 6) is -1.71. The van der Waals surface area contributed by atoms with Crippen molar-refractivity contribution in [2.24, 2.45) is 5.92 Å². The number of amides is 1. The van der Waals surface area contributed by atoms with Crippen molar-refractivity contribution >= 4 is 17.8 Å². The summed E-state index contributed by atoms with van der Waals surface area (Å²) >= 11 is 0. The van der Waals surface area contributed by atoms with Crippen LogP contribution in [-0.2, 0) is 23.9 Å². The van der Waals surface area contributed by atoms with Gasteiger partial charge in [0, 0.05) is 13.1 Å². The number of carboxylic acids is 1. The maximum Gasteiger partial charge on any atom is 0.329 e. The molecule has 0 atom stereocenters. The molecule has 7 nitrogen and oxygen atoms in total. The highest BCUT2D eigenvalue weighted by atomic mass is 16.5. The lowest BCUT2D eigenvalue weighted by molar-refractivity contribution is -0.153. The Bertz CT molecular complexity index is 335. The lowest BCUT2D eigenvalue weighted by atomic mass is 9.97. The minimum atomic E-state index is -1.10. The number of rotatable bonds is 6. The van der Waals surface area contributed by atoms with Crippen molar-refractivity contribution in [1.82, 2.24) is 4.90 Å². The van der Waals surface area contributed by atoms with Gasteiger partial charge in [0.25, 0.3) is 0 Å². The highest BCUT2D eigenvalue weighted by Gasteiger charge is 2.28. The van der Waals surface area contributed by atoms with Crippen molar-refractivity contribution in [2.45, 2.75) is 19.8 Å². The van der Waals surface area contributed by atoms with Crippen LogP contribution in [0.25, 0.3) is 0 Å². The molecule has 1 rings (SSSR count). The Morgan fingerprint density at radius 2 is 1.84 bits per heavy atom. The van der Waals surface area contributed by atoms with Crippen molar-refractivity contribution in [3.05, 3.63) is 0 Å². The van der Waals surface area contributed by atoms with Crippen molar-refractivity contribution in [3.8, 4) is 0 Å². The second-order valence-electron chi connectivity index (χ2n) is 4.29. The molecular weight excluding hydrogens is 254 g/mol. The van der Waals surface area contributed by atoms with Crippen molar-refractivity contribution in [2.75, 3.05) is 32.9 Å². The van der Waals surface area contributed by atoms with E-state index >= 15 is 0 Å². The van der Waals surface area contributed by atoms with E-state index in [1.807, 2.05) is 0 Å². The van der Waals surface area contributed by atoms with Gasteiger partial charge in [0.2, 0.25) is 5.91 Å². The summed E-state index contributed by atoms with van der Waals surface area (Å²) in [4.78, 5) is 35.0. The van der Waals surface area contributed by atoms with Crippen LogP contribution >= 0.6 is 0 Å². The van der Waals surface area contributed by atoms with E-state index in [0.29, 0.717) is 32.5 Å². The molecule has 0 spiro atoms. The van der Waals surface area contributed by atoms with Gasteiger partial charge in [0.1, 0.15) is 13.2 Å². The van der Waals surface area contributed by atoms with Gasteiger partial charge in [-0.15, -0.1) is 0 Å². The lowest BCUT2D eigenvalue weighted by Gasteiger charge is -2.30. The summed E-state index contributed by atoms with van der Waals surface area (Å²) in [7, 11) is 0. The number of piperidine rings is 1. The Morgan fingerprint density at radius 1 is 1.21 bits per heavy atom. The fourth-order valence-corrected chi connectivity index (χ4v) is 1.94. The van der Waals surface area contributed by atoms with Gasteiger partial charge < -0.3 is 19.5 Å². The number of nitrogens with zero attached hydrogens (tertiary/aromatic N) is 1. The highest BCUT2D eigenvalue weighted by molar-refractivity contribution is 5.78. The number of esters is 1. The topological polar surface area (TPSA) is 93.1 Å². The van der Waals surface area contributed by atoms with Crippen molar-refractivity contribution in [3.63, 3.8) is 0 Å². The monoisotopic (exact) mass is 273 g/mol. The molecule has 7 heteroatoms. The van der Waals surface area contributed by atoms with Crippen LogP contribution in [0, 0.1) is 5.92 Å². The third-order valence-corrected chi connectivity index (χ3v) is 2.92. The van der Waals surface area contributed by atoms with E-state index in [2.05, 4.69) is 0 Å². The summed E-state index contributed by atoms with van der Waals surface area (Å²) in [6, 6.07) is 0. The summed E-state index contributed by atoms with van der Waals surface area (Å²) < 4.78 is 9.68. The molecule has 0 aromatic rings. The fourth-order valence-electron chi connectivity index (χ4n) is 1.94. The van der Waals surface area contributed by atoms with E-state index in [1.54, 1.807) is 11.8 Å². The Hall–Kier alpha value is -1.63. The maximum absolute atomic E-state index is 11.7. The predicted octanol–water partition coefficient (Wildman–Crippen LogP) is -0.111. The molecule has 0 bridgehead atoms. The Labute approximate surface area is 111 Å². The van der Waals surface area contributed by atoms with Crippen LogP contribution in [-0.4, -0.2) is 60.8 Å². The van der Waals surface area contributed by atoms with Gasteiger partial charge in [-0.25, -0.2) is 4.79 Å². The summed E-state index contributed by atoms with van der Waals surface area (Å²) in [6.07, 6.45) is 1.15. The van der Waals surface area contributed by atoms with E-state index in [9.17, 15) is 14.4 Å². The lowest BCUT2D eigenvalue weighted by Crippen LogP contribution is -2.42. The Balaban J connectivity index is 2.27. The number of carbonyl (C=O) groups is 3. The summed E-state index contributed by atoms with van der Waals surface area (Å²) in [5, 5.41) is 8.38. The van der Waals surface area contributed by atoms with Gasteiger partial charge in [-0.3, -0.25) is 9.59 Å². The normalized spacial score (nSPS) is 16.2. The third kappa shape index (κ3) is 5.25. The second-order valence-corrected chi connectivity index (χ2v) is 4.29. The molecular formula is C12H19NO6. The average molecular weight is 273 g/mol. The number of ether oxygens (including phenoxy) is 2. The number of carboxylic acid groups (broad SMARTS) is 1. The molecule has 1 amide bonds. The Kier molecular flexibility index (Phi) is 6.27. The molecule has 19 heavy (non-hydrogen) atoms. The molecule has 108 valence electrons. The zero-order chi connectivity index (χ0) is 14.3. The third-order valence-electron chi connectivity index (χ3n) is 2.92. The smallest absolute Gasteiger partial charge is 0.329 e. The molecule has 1 fully saturated rings. The van der Waals surface area contributed by atoms with Gasteiger partial charge in [0.15, 0.2) is 0 Å². The number of hydrogen-bond acceptors (Lipinski definition) is 5. The predicted molar refractivity (Wildman–Crippen MR) is 64.4 cm³/mol. The minimum Gasteiger partial charge on any atom is -0.480 e. The maximum atomic E-state index is 11.7. The SMILES string of the molecule is CCOC(=O)C1CCN(C(=O)COCC(=O)O)CC1. The second kappa shape index (κ2) is 7.73. The first-order valence-corrected chi connectivity index (χ1v) is 6.28. The van der Waals surface area contributed by atoms with Crippen LogP contribution in [0.1, 0.15) is 19.8 Å². The van der Waals surface area contributed by atoms with Crippen LogP contribution in [0.15, 0.2) is 0 Å². The van der Waals surface area contributed by atoms with Crippen molar-refractivity contribution in [1.29, 1.82) is 0 Å². The van der Waals surface area contributed by atoms with Gasteiger partial charge in [-0.1, -0.05) is 0 Å². The largest absolute Gasteiger partial charge is 0.480 e. The first kappa shape index (κ1) is 15.4. The highest BCUT2D eigenvalue weighted by Crippen LogP contribution is 2.18. The standard InChI is InChI=1S/C12H19NO6/c1-2-19-12(17)9-3-5-13(6-4-9)10(14)7-18-8-11(15)16/h9H,2-8H2,1H3,(H,15,16). The average Bonchev–Trinajstić information content (AvgIpc) is 2.38. The van der Waals surface area contributed by atoms with Crippen molar-refractivity contribution < 1.29 is 29.0 Å². The van der Waals surface area contributed by atoms with E-state index in [-0.39, 0.29) is 24.4 Å². The van der Waals surface area contributed by atoms with E-state index in [1.165, 1.54) is 0 Å². The fraction of sp³-hybridized carbons (Fsp3) is 0.750. The van der Waals surface area contributed by atoms with Gasteiger partial charge in [-0.2, -0.15) is 0 Å². The molecule has 0 unspecified atom stereocenters.